The fourth-order valence-electron chi connectivity index (χ4n) is 4.41. The fourth-order valence-corrected chi connectivity index (χ4v) is 4.41. The van der Waals surface area contributed by atoms with E-state index in [0.29, 0.717) is 34.8 Å². The zero-order chi connectivity index (χ0) is 25.0. The van der Waals surface area contributed by atoms with Gasteiger partial charge < -0.3 is 14.2 Å². The molecular formula is C28H35N3O4. The molecule has 1 aliphatic rings. The Labute approximate surface area is 206 Å². The quantitative estimate of drug-likeness (QED) is 0.404. The molecule has 0 amide bonds. The van der Waals surface area contributed by atoms with Crippen LogP contribution in [-0.4, -0.2) is 36.7 Å². The largest absolute Gasteiger partial charge is 0.493 e. The SMILES string of the molecule is COc1cc(C=Nn2c(C3CCCCC3)nc3ccccc3c2=O)cc(OC)c1OCC(C)(C)C. The molecule has 2 aromatic carbocycles. The molecule has 0 saturated heterocycles. The second kappa shape index (κ2) is 10.5. The summed E-state index contributed by atoms with van der Waals surface area (Å²) in [6.45, 7) is 6.82. The molecule has 0 radical (unpaired) electrons. The Morgan fingerprint density at radius 3 is 2.34 bits per heavy atom. The minimum Gasteiger partial charge on any atom is -0.493 e. The van der Waals surface area contributed by atoms with Crippen LogP contribution in [0.15, 0.2) is 46.3 Å². The van der Waals surface area contributed by atoms with Crippen molar-refractivity contribution < 1.29 is 14.2 Å². The van der Waals surface area contributed by atoms with Crippen molar-refractivity contribution in [2.45, 2.75) is 58.8 Å². The molecule has 0 bridgehead atoms. The van der Waals surface area contributed by atoms with Crippen LogP contribution < -0.4 is 19.8 Å². The van der Waals surface area contributed by atoms with Gasteiger partial charge in [0.05, 0.1) is 37.9 Å². The summed E-state index contributed by atoms with van der Waals surface area (Å²) in [6, 6.07) is 11.1. The highest BCUT2D eigenvalue weighted by atomic mass is 16.5. The summed E-state index contributed by atoms with van der Waals surface area (Å²) < 4.78 is 18.7. The van der Waals surface area contributed by atoms with E-state index in [-0.39, 0.29) is 16.9 Å². The maximum atomic E-state index is 13.4. The molecule has 1 aliphatic carbocycles. The zero-order valence-electron chi connectivity index (χ0n) is 21.3. The van der Waals surface area contributed by atoms with Crippen LogP contribution in [0.5, 0.6) is 17.2 Å². The predicted octanol–water partition coefficient (Wildman–Crippen LogP) is 5.77. The molecule has 7 heteroatoms. The number of methoxy groups -OCH3 is 2. The van der Waals surface area contributed by atoms with Gasteiger partial charge in [0.1, 0.15) is 5.82 Å². The molecule has 186 valence electrons. The third kappa shape index (κ3) is 5.66. The van der Waals surface area contributed by atoms with Gasteiger partial charge in [0.25, 0.3) is 5.56 Å². The summed E-state index contributed by atoms with van der Waals surface area (Å²) in [5.41, 5.74) is 1.27. The van der Waals surface area contributed by atoms with Crippen molar-refractivity contribution >= 4 is 17.1 Å². The average Bonchev–Trinajstić information content (AvgIpc) is 2.86. The number of para-hydroxylation sites is 1. The molecule has 0 spiro atoms. The first-order valence-electron chi connectivity index (χ1n) is 12.3. The number of hydrogen-bond donors (Lipinski definition) is 0. The third-order valence-electron chi connectivity index (χ3n) is 6.20. The molecule has 3 aromatic rings. The fraction of sp³-hybridized carbons (Fsp3) is 0.464. The lowest BCUT2D eigenvalue weighted by atomic mass is 9.88. The second-order valence-corrected chi connectivity index (χ2v) is 10.3. The number of rotatable bonds is 7. The van der Waals surface area contributed by atoms with E-state index in [2.05, 4.69) is 25.9 Å². The maximum absolute atomic E-state index is 13.4. The van der Waals surface area contributed by atoms with Crippen LogP contribution in [0.25, 0.3) is 10.9 Å². The van der Waals surface area contributed by atoms with Crippen molar-refractivity contribution in [1.29, 1.82) is 0 Å². The summed E-state index contributed by atoms with van der Waals surface area (Å²) in [5.74, 6) is 2.59. The van der Waals surface area contributed by atoms with E-state index in [1.165, 1.54) is 11.1 Å². The van der Waals surface area contributed by atoms with Crippen molar-refractivity contribution in [2.75, 3.05) is 20.8 Å². The molecule has 1 heterocycles. The van der Waals surface area contributed by atoms with Gasteiger partial charge in [0.2, 0.25) is 5.75 Å². The second-order valence-electron chi connectivity index (χ2n) is 10.3. The minimum atomic E-state index is -0.156. The lowest BCUT2D eigenvalue weighted by Gasteiger charge is -2.23. The molecule has 35 heavy (non-hydrogen) atoms. The highest BCUT2D eigenvalue weighted by molar-refractivity contribution is 5.83. The topological polar surface area (TPSA) is 74.9 Å². The van der Waals surface area contributed by atoms with Gasteiger partial charge in [0.15, 0.2) is 11.5 Å². The first-order chi connectivity index (χ1) is 16.8. The van der Waals surface area contributed by atoms with Crippen LogP contribution in [0.1, 0.15) is 70.2 Å². The van der Waals surface area contributed by atoms with E-state index in [1.54, 1.807) is 26.5 Å². The molecule has 0 aliphatic heterocycles. The van der Waals surface area contributed by atoms with Gasteiger partial charge in [0, 0.05) is 11.5 Å². The number of ether oxygens (including phenoxy) is 3. The van der Waals surface area contributed by atoms with Crippen LogP contribution in [-0.2, 0) is 0 Å². The normalized spacial score (nSPS) is 15.0. The van der Waals surface area contributed by atoms with E-state index in [1.807, 2.05) is 30.3 Å². The summed E-state index contributed by atoms with van der Waals surface area (Å²) in [4.78, 5) is 18.3. The van der Waals surface area contributed by atoms with Crippen LogP contribution in [0.3, 0.4) is 0 Å². The van der Waals surface area contributed by atoms with Crippen LogP contribution >= 0.6 is 0 Å². The van der Waals surface area contributed by atoms with Gasteiger partial charge >= 0.3 is 0 Å². The molecule has 7 nitrogen and oxygen atoms in total. The molecule has 1 saturated carbocycles. The number of aromatic nitrogens is 2. The van der Waals surface area contributed by atoms with Gasteiger partial charge in [-0.2, -0.15) is 9.78 Å². The summed E-state index contributed by atoms with van der Waals surface area (Å²) in [5, 5.41) is 5.19. The van der Waals surface area contributed by atoms with Crippen LogP contribution in [0.2, 0.25) is 0 Å². The predicted molar refractivity (Wildman–Crippen MR) is 139 cm³/mol. The van der Waals surface area contributed by atoms with E-state index in [0.717, 1.165) is 37.1 Å². The number of benzene rings is 2. The minimum absolute atomic E-state index is 0.0179. The van der Waals surface area contributed by atoms with Gasteiger partial charge in [-0.15, -0.1) is 0 Å². The lowest BCUT2D eigenvalue weighted by Crippen LogP contribution is -2.25. The number of fused-ring (bicyclic) bond motifs is 1. The molecule has 1 aromatic heterocycles. The first kappa shape index (κ1) is 24.8. The summed E-state index contributed by atoms with van der Waals surface area (Å²) >= 11 is 0. The first-order valence-corrected chi connectivity index (χ1v) is 12.3. The van der Waals surface area contributed by atoms with Crippen molar-refractivity contribution in [2.24, 2.45) is 10.5 Å². The Hall–Kier alpha value is -3.35. The molecule has 0 unspecified atom stereocenters. The highest BCUT2D eigenvalue weighted by Crippen LogP contribution is 2.39. The van der Waals surface area contributed by atoms with E-state index in [9.17, 15) is 4.79 Å². The number of nitrogens with zero attached hydrogens (tertiary/aromatic N) is 3. The molecular weight excluding hydrogens is 442 g/mol. The smallest absolute Gasteiger partial charge is 0.282 e. The zero-order valence-corrected chi connectivity index (χ0v) is 21.3. The monoisotopic (exact) mass is 477 g/mol. The average molecular weight is 478 g/mol. The van der Waals surface area contributed by atoms with Crippen molar-refractivity contribution in [3.8, 4) is 17.2 Å². The van der Waals surface area contributed by atoms with Crippen LogP contribution in [0, 0.1) is 5.41 Å². The molecule has 4 rings (SSSR count). The Balaban J connectivity index is 1.76. The van der Waals surface area contributed by atoms with Gasteiger partial charge in [-0.3, -0.25) is 4.79 Å². The summed E-state index contributed by atoms with van der Waals surface area (Å²) in [7, 11) is 3.19. The van der Waals surface area contributed by atoms with E-state index in [4.69, 9.17) is 19.2 Å². The van der Waals surface area contributed by atoms with Crippen LogP contribution in [0.4, 0.5) is 0 Å². The van der Waals surface area contributed by atoms with Gasteiger partial charge in [-0.25, -0.2) is 4.98 Å². The maximum Gasteiger partial charge on any atom is 0.282 e. The van der Waals surface area contributed by atoms with E-state index < -0.39 is 0 Å². The van der Waals surface area contributed by atoms with E-state index >= 15 is 0 Å². The molecule has 1 fully saturated rings. The lowest BCUT2D eigenvalue weighted by molar-refractivity contribution is 0.184. The Morgan fingerprint density at radius 2 is 1.71 bits per heavy atom. The number of hydrogen-bond acceptors (Lipinski definition) is 6. The van der Waals surface area contributed by atoms with Gasteiger partial charge in [-0.1, -0.05) is 52.2 Å². The van der Waals surface area contributed by atoms with Crippen molar-refractivity contribution in [1.82, 2.24) is 9.66 Å². The standard InChI is InChI=1S/C28H35N3O4/c1-28(2,3)18-35-25-23(33-4)15-19(16-24(25)34-5)17-29-31-26(20-11-7-6-8-12-20)30-22-14-10-9-13-21(22)27(31)32/h9-10,13-17,20H,6-8,11-12,18H2,1-5H3. The third-order valence-corrected chi connectivity index (χ3v) is 6.20. The van der Waals surface area contributed by atoms with Crippen molar-refractivity contribution in [3.63, 3.8) is 0 Å². The Kier molecular flexibility index (Phi) is 7.43. The highest BCUT2D eigenvalue weighted by Gasteiger charge is 2.23. The Bertz CT molecular complexity index is 1240. The molecule has 0 atom stereocenters. The van der Waals surface area contributed by atoms with Crippen molar-refractivity contribution in [3.05, 3.63) is 58.1 Å². The Morgan fingerprint density at radius 1 is 1.06 bits per heavy atom. The summed E-state index contributed by atoms with van der Waals surface area (Å²) in [6.07, 6.45) is 7.19. The molecule has 0 N–H and O–H groups in total. The van der Waals surface area contributed by atoms with Gasteiger partial charge in [-0.05, 0) is 42.5 Å².